The van der Waals surface area contributed by atoms with E-state index in [1.807, 2.05) is 83.1 Å². The zero-order valence-electron chi connectivity index (χ0n) is 19.5. The number of hydrogen-bond acceptors (Lipinski definition) is 3. The van der Waals surface area contributed by atoms with Crippen molar-refractivity contribution in [2.24, 2.45) is 5.73 Å². The van der Waals surface area contributed by atoms with Crippen LogP contribution in [0.25, 0.3) is 0 Å². The molecule has 0 aliphatic carbocycles. The van der Waals surface area contributed by atoms with Gasteiger partial charge in [0.05, 0.1) is 0 Å². The highest BCUT2D eigenvalue weighted by molar-refractivity contribution is 5.97. The van der Waals surface area contributed by atoms with Crippen LogP contribution in [0.2, 0.25) is 0 Å². The van der Waals surface area contributed by atoms with Gasteiger partial charge in [-0.15, -0.1) is 0 Å². The Morgan fingerprint density at radius 1 is 0.935 bits per heavy atom. The second-order valence-corrected chi connectivity index (χ2v) is 8.00. The Kier molecular flexibility index (Phi) is 9.25. The SMILES string of the molecule is CC.CCC(N)CN1C(=O)C(C)N(Cc2ccccc2)C(=O)C1Cc1cccc(C)c1. The van der Waals surface area contributed by atoms with Crippen LogP contribution in [0, 0.1) is 6.92 Å². The lowest BCUT2D eigenvalue weighted by Gasteiger charge is -2.45. The van der Waals surface area contributed by atoms with Gasteiger partial charge in [0.2, 0.25) is 11.8 Å². The molecule has 0 aromatic heterocycles. The Morgan fingerprint density at radius 2 is 1.58 bits per heavy atom. The Hall–Kier alpha value is -2.66. The first-order chi connectivity index (χ1) is 14.9. The number of amides is 2. The van der Waals surface area contributed by atoms with Crippen molar-refractivity contribution >= 4 is 11.8 Å². The van der Waals surface area contributed by atoms with Crippen molar-refractivity contribution in [1.82, 2.24) is 9.80 Å². The predicted octanol–water partition coefficient (Wildman–Crippen LogP) is 3.93. The first kappa shape index (κ1) is 24.6. The van der Waals surface area contributed by atoms with Gasteiger partial charge >= 0.3 is 0 Å². The Bertz CT molecular complexity index is 853. The van der Waals surface area contributed by atoms with E-state index in [0.29, 0.717) is 19.5 Å². The molecule has 2 N–H and O–H groups in total. The van der Waals surface area contributed by atoms with Crippen LogP contribution < -0.4 is 5.73 Å². The molecule has 2 aromatic rings. The molecule has 1 aliphatic heterocycles. The van der Waals surface area contributed by atoms with Gasteiger partial charge in [-0.3, -0.25) is 9.59 Å². The molecular formula is C26H37N3O2. The summed E-state index contributed by atoms with van der Waals surface area (Å²) in [6, 6.07) is 16.8. The summed E-state index contributed by atoms with van der Waals surface area (Å²) in [4.78, 5) is 30.2. The molecule has 2 aromatic carbocycles. The lowest BCUT2D eigenvalue weighted by molar-refractivity contribution is -0.161. The molecule has 168 valence electrons. The fourth-order valence-electron chi connectivity index (χ4n) is 3.90. The van der Waals surface area contributed by atoms with Crippen molar-refractivity contribution in [3.63, 3.8) is 0 Å². The predicted molar refractivity (Wildman–Crippen MR) is 126 cm³/mol. The van der Waals surface area contributed by atoms with Crippen molar-refractivity contribution in [2.75, 3.05) is 6.54 Å². The van der Waals surface area contributed by atoms with E-state index in [4.69, 9.17) is 5.73 Å². The van der Waals surface area contributed by atoms with Gasteiger partial charge in [0, 0.05) is 25.6 Å². The van der Waals surface area contributed by atoms with Crippen LogP contribution in [0.5, 0.6) is 0 Å². The largest absolute Gasteiger partial charge is 0.327 e. The van der Waals surface area contributed by atoms with E-state index >= 15 is 0 Å². The van der Waals surface area contributed by atoms with Gasteiger partial charge in [-0.05, 0) is 31.4 Å². The van der Waals surface area contributed by atoms with Gasteiger partial charge in [0.15, 0.2) is 0 Å². The van der Waals surface area contributed by atoms with E-state index in [0.717, 1.165) is 23.1 Å². The zero-order chi connectivity index (χ0) is 23.0. The number of hydrogen-bond donors (Lipinski definition) is 1. The van der Waals surface area contributed by atoms with Crippen LogP contribution in [-0.4, -0.2) is 46.3 Å². The van der Waals surface area contributed by atoms with E-state index in [2.05, 4.69) is 6.07 Å². The molecule has 1 heterocycles. The summed E-state index contributed by atoms with van der Waals surface area (Å²) >= 11 is 0. The maximum absolute atomic E-state index is 13.5. The van der Waals surface area contributed by atoms with E-state index < -0.39 is 12.1 Å². The summed E-state index contributed by atoms with van der Waals surface area (Å²) in [6.45, 7) is 10.7. The molecule has 1 saturated heterocycles. The van der Waals surface area contributed by atoms with Crippen LogP contribution in [0.15, 0.2) is 54.6 Å². The van der Waals surface area contributed by atoms with Gasteiger partial charge in [-0.1, -0.05) is 80.9 Å². The van der Waals surface area contributed by atoms with E-state index in [-0.39, 0.29) is 17.9 Å². The van der Waals surface area contributed by atoms with Crippen molar-refractivity contribution in [1.29, 1.82) is 0 Å². The fourth-order valence-corrected chi connectivity index (χ4v) is 3.90. The summed E-state index contributed by atoms with van der Waals surface area (Å²) in [5, 5.41) is 0. The maximum Gasteiger partial charge on any atom is 0.246 e. The zero-order valence-corrected chi connectivity index (χ0v) is 19.5. The standard InChI is InChI=1S/C24H31N3O2.C2H6/c1-4-21(25)16-27-22(14-20-12-8-9-17(2)13-20)24(29)26(18(3)23(27)28)15-19-10-6-5-7-11-19;1-2/h5-13,18,21-22H,4,14-16,25H2,1-3H3;1-2H3. The molecule has 0 spiro atoms. The van der Waals surface area contributed by atoms with Crippen LogP contribution in [0.3, 0.4) is 0 Å². The van der Waals surface area contributed by atoms with Crippen LogP contribution in [-0.2, 0) is 22.6 Å². The number of carbonyl (C=O) groups is 2. The third-order valence-corrected chi connectivity index (χ3v) is 5.72. The van der Waals surface area contributed by atoms with Gasteiger partial charge in [-0.2, -0.15) is 0 Å². The summed E-state index contributed by atoms with van der Waals surface area (Å²) in [5.74, 6) is -0.0344. The lowest BCUT2D eigenvalue weighted by atomic mass is 9.96. The Morgan fingerprint density at radius 3 is 2.19 bits per heavy atom. The average molecular weight is 424 g/mol. The van der Waals surface area contributed by atoms with Gasteiger partial charge in [-0.25, -0.2) is 0 Å². The molecule has 5 nitrogen and oxygen atoms in total. The molecule has 2 amide bonds. The van der Waals surface area contributed by atoms with Crippen LogP contribution in [0.1, 0.15) is 50.8 Å². The molecule has 0 saturated carbocycles. The molecule has 3 unspecified atom stereocenters. The number of nitrogens with zero attached hydrogens (tertiary/aromatic N) is 2. The minimum Gasteiger partial charge on any atom is -0.327 e. The summed E-state index contributed by atoms with van der Waals surface area (Å²) in [7, 11) is 0. The summed E-state index contributed by atoms with van der Waals surface area (Å²) in [5.41, 5.74) is 9.40. The topological polar surface area (TPSA) is 66.6 Å². The van der Waals surface area contributed by atoms with Crippen molar-refractivity contribution in [2.45, 2.75) is 72.1 Å². The van der Waals surface area contributed by atoms with Gasteiger partial charge in [0.25, 0.3) is 0 Å². The third kappa shape index (κ3) is 6.17. The molecule has 0 radical (unpaired) electrons. The molecule has 31 heavy (non-hydrogen) atoms. The number of benzene rings is 2. The number of aryl methyl sites for hydroxylation is 1. The molecule has 1 aliphatic rings. The van der Waals surface area contributed by atoms with Gasteiger partial charge < -0.3 is 15.5 Å². The lowest BCUT2D eigenvalue weighted by Crippen LogP contribution is -2.65. The molecule has 5 heteroatoms. The van der Waals surface area contributed by atoms with Gasteiger partial charge in [0.1, 0.15) is 12.1 Å². The molecular weight excluding hydrogens is 386 g/mol. The van der Waals surface area contributed by atoms with Crippen LogP contribution in [0.4, 0.5) is 0 Å². The number of rotatable bonds is 7. The number of nitrogens with two attached hydrogens (primary N) is 1. The molecule has 3 rings (SSSR count). The molecule has 3 atom stereocenters. The normalized spacial score (nSPS) is 19.7. The minimum absolute atomic E-state index is 0.00855. The maximum atomic E-state index is 13.5. The van der Waals surface area contributed by atoms with E-state index in [1.165, 1.54) is 0 Å². The van der Waals surface area contributed by atoms with Crippen LogP contribution >= 0.6 is 0 Å². The number of carbonyl (C=O) groups excluding carboxylic acids is 2. The summed E-state index contributed by atoms with van der Waals surface area (Å²) in [6.07, 6.45) is 1.26. The van der Waals surface area contributed by atoms with Crippen molar-refractivity contribution in [3.8, 4) is 0 Å². The summed E-state index contributed by atoms with van der Waals surface area (Å²) < 4.78 is 0. The number of piperazine rings is 1. The van der Waals surface area contributed by atoms with Crippen molar-refractivity contribution < 1.29 is 9.59 Å². The molecule has 1 fully saturated rings. The Labute approximate surface area is 187 Å². The van der Waals surface area contributed by atoms with Crippen molar-refractivity contribution in [3.05, 3.63) is 71.3 Å². The minimum atomic E-state index is -0.526. The third-order valence-electron chi connectivity index (χ3n) is 5.72. The fraction of sp³-hybridized carbons (Fsp3) is 0.462. The second kappa shape index (κ2) is 11.7. The quantitative estimate of drug-likeness (QED) is 0.734. The van der Waals surface area contributed by atoms with E-state index in [1.54, 1.807) is 9.80 Å². The first-order valence-electron chi connectivity index (χ1n) is 11.4. The smallest absolute Gasteiger partial charge is 0.246 e. The Balaban J connectivity index is 0.00000166. The van der Waals surface area contributed by atoms with E-state index in [9.17, 15) is 9.59 Å². The highest BCUT2D eigenvalue weighted by Crippen LogP contribution is 2.24. The first-order valence-corrected chi connectivity index (χ1v) is 11.4. The molecule has 0 bridgehead atoms. The second-order valence-electron chi connectivity index (χ2n) is 8.00. The average Bonchev–Trinajstić information content (AvgIpc) is 2.79. The highest BCUT2D eigenvalue weighted by Gasteiger charge is 2.44. The monoisotopic (exact) mass is 423 g/mol. The highest BCUT2D eigenvalue weighted by atomic mass is 16.2.